The first-order valence-corrected chi connectivity index (χ1v) is 9.97. The molecule has 9 heteroatoms. The van der Waals surface area contributed by atoms with Crippen molar-refractivity contribution < 1.29 is 31.1 Å². The number of amides is 1. The van der Waals surface area contributed by atoms with Gasteiger partial charge in [0.2, 0.25) is 0 Å². The Kier molecular flexibility index (Phi) is 9.07. The number of benzene rings is 1. The van der Waals surface area contributed by atoms with E-state index in [9.17, 15) is 26.4 Å². The van der Waals surface area contributed by atoms with Gasteiger partial charge in [-0.05, 0) is 43.4 Å². The molecule has 0 saturated heterocycles. The Bertz CT molecular complexity index is 675. The standard InChI is InChI=1S/C17H24F3NO4S/c1-25-11-3-2-4-12-26(23,24)15-9-5-7-14(13-15)8-6-10-21-16(22)17(18,19)20/h5,7,9,13H,2-4,6,8,10-12H2,1H3,(H,21,22). The van der Waals surface area contributed by atoms with Gasteiger partial charge >= 0.3 is 12.1 Å². The quantitative estimate of drug-likeness (QED) is 0.585. The summed E-state index contributed by atoms with van der Waals surface area (Å²) in [6.45, 7) is 0.467. The average molecular weight is 395 g/mol. The zero-order valence-electron chi connectivity index (χ0n) is 14.6. The van der Waals surface area contributed by atoms with Gasteiger partial charge in [-0.15, -0.1) is 0 Å². The van der Waals surface area contributed by atoms with Crippen LogP contribution in [0.4, 0.5) is 13.2 Å². The summed E-state index contributed by atoms with van der Waals surface area (Å²) < 4.78 is 65.8. The average Bonchev–Trinajstić information content (AvgIpc) is 2.57. The molecule has 1 N–H and O–H groups in total. The van der Waals surface area contributed by atoms with Crippen molar-refractivity contribution in [3.63, 3.8) is 0 Å². The summed E-state index contributed by atoms with van der Waals surface area (Å²) in [5.74, 6) is -1.93. The predicted molar refractivity (Wildman–Crippen MR) is 91.6 cm³/mol. The summed E-state index contributed by atoms with van der Waals surface area (Å²) in [5.41, 5.74) is 0.701. The second kappa shape index (κ2) is 10.5. The van der Waals surface area contributed by atoms with Crippen LogP contribution in [0.25, 0.3) is 0 Å². The third kappa shape index (κ3) is 8.18. The van der Waals surface area contributed by atoms with E-state index in [0.717, 1.165) is 12.8 Å². The zero-order chi connectivity index (χ0) is 19.6. The highest BCUT2D eigenvalue weighted by Crippen LogP contribution is 2.17. The van der Waals surface area contributed by atoms with Crippen molar-refractivity contribution in [1.82, 2.24) is 5.32 Å². The van der Waals surface area contributed by atoms with Crippen LogP contribution in [-0.4, -0.2) is 46.5 Å². The summed E-state index contributed by atoms with van der Waals surface area (Å²) in [5, 5.41) is 1.79. The van der Waals surface area contributed by atoms with Gasteiger partial charge in [0.25, 0.3) is 0 Å². The lowest BCUT2D eigenvalue weighted by molar-refractivity contribution is -0.173. The normalized spacial score (nSPS) is 12.2. The van der Waals surface area contributed by atoms with Gasteiger partial charge in [0.1, 0.15) is 0 Å². The van der Waals surface area contributed by atoms with Crippen LogP contribution in [0.1, 0.15) is 31.2 Å². The third-order valence-electron chi connectivity index (χ3n) is 3.70. The van der Waals surface area contributed by atoms with Crippen LogP contribution < -0.4 is 5.32 Å². The van der Waals surface area contributed by atoms with Crippen LogP contribution in [0.5, 0.6) is 0 Å². The van der Waals surface area contributed by atoms with E-state index >= 15 is 0 Å². The molecule has 5 nitrogen and oxygen atoms in total. The number of carbonyl (C=O) groups is 1. The molecule has 0 spiro atoms. The highest BCUT2D eigenvalue weighted by molar-refractivity contribution is 7.91. The van der Waals surface area contributed by atoms with Crippen LogP contribution in [0.3, 0.4) is 0 Å². The minimum absolute atomic E-state index is 0.0435. The molecule has 0 bridgehead atoms. The van der Waals surface area contributed by atoms with Crippen LogP contribution in [0, 0.1) is 0 Å². The van der Waals surface area contributed by atoms with Crippen molar-refractivity contribution in [3.05, 3.63) is 29.8 Å². The summed E-state index contributed by atoms with van der Waals surface area (Å²) in [6.07, 6.45) is -2.14. The molecule has 0 radical (unpaired) electrons. The number of methoxy groups -OCH3 is 1. The fraction of sp³-hybridized carbons (Fsp3) is 0.588. The number of ether oxygens (including phenoxy) is 1. The summed E-state index contributed by atoms with van der Waals surface area (Å²) in [4.78, 5) is 10.9. The number of rotatable bonds is 11. The number of sulfone groups is 1. The van der Waals surface area contributed by atoms with Crippen molar-refractivity contribution >= 4 is 15.7 Å². The number of carbonyl (C=O) groups excluding carboxylic acids is 1. The van der Waals surface area contributed by atoms with E-state index in [-0.39, 0.29) is 23.6 Å². The smallest absolute Gasteiger partial charge is 0.385 e. The Labute approximate surface area is 151 Å². The maximum atomic E-state index is 12.3. The van der Waals surface area contributed by atoms with Gasteiger partial charge in [-0.1, -0.05) is 18.6 Å². The zero-order valence-corrected chi connectivity index (χ0v) is 15.5. The molecule has 0 aliphatic heterocycles. The molecule has 0 heterocycles. The molecule has 1 rings (SSSR count). The number of nitrogens with one attached hydrogen (secondary N) is 1. The number of hydrogen-bond donors (Lipinski definition) is 1. The van der Waals surface area contributed by atoms with E-state index in [1.54, 1.807) is 24.6 Å². The van der Waals surface area contributed by atoms with E-state index in [1.807, 2.05) is 0 Å². The first-order valence-electron chi connectivity index (χ1n) is 8.32. The molecule has 0 fully saturated rings. The lowest BCUT2D eigenvalue weighted by Crippen LogP contribution is -2.37. The van der Waals surface area contributed by atoms with E-state index in [0.29, 0.717) is 25.0 Å². The predicted octanol–water partition coefficient (Wildman–Crippen LogP) is 2.89. The number of halogens is 3. The van der Waals surface area contributed by atoms with E-state index in [1.165, 1.54) is 12.1 Å². The highest BCUT2D eigenvalue weighted by Gasteiger charge is 2.38. The lowest BCUT2D eigenvalue weighted by Gasteiger charge is -2.09. The summed E-state index contributed by atoms with van der Waals surface area (Å²) in [7, 11) is -1.80. The molecule has 1 amide bonds. The number of aryl methyl sites for hydroxylation is 1. The Morgan fingerprint density at radius 1 is 1.15 bits per heavy atom. The fourth-order valence-corrected chi connectivity index (χ4v) is 3.76. The SMILES string of the molecule is COCCCCCS(=O)(=O)c1cccc(CCCNC(=O)C(F)(F)F)c1. The van der Waals surface area contributed by atoms with Gasteiger partial charge in [0, 0.05) is 20.3 Å². The van der Waals surface area contributed by atoms with E-state index < -0.39 is 21.9 Å². The van der Waals surface area contributed by atoms with Crippen molar-refractivity contribution in [1.29, 1.82) is 0 Å². The second-order valence-electron chi connectivity index (χ2n) is 5.88. The monoisotopic (exact) mass is 395 g/mol. The molecule has 0 aliphatic rings. The molecule has 0 saturated carbocycles. The fourth-order valence-electron chi connectivity index (χ4n) is 2.32. The topological polar surface area (TPSA) is 72.5 Å². The molecular weight excluding hydrogens is 371 g/mol. The van der Waals surface area contributed by atoms with Gasteiger partial charge in [-0.25, -0.2) is 8.42 Å². The van der Waals surface area contributed by atoms with E-state index in [2.05, 4.69) is 0 Å². The maximum absolute atomic E-state index is 12.3. The number of hydrogen-bond acceptors (Lipinski definition) is 4. The van der Waals surface area contributed by atoms with Crippen LogP contribution in [-0.2, 0) is 25.8 Å². The van der Waals surface area contributed by atoms with Gasteiger partial charge in [0.15, 0.2) is 9.84 Å². The molecule has 1 aromatic carbocycles. The molecule has 26 heavy (non-hydrogen) atoms. The van der Waals surface area contributed by atoms with Crippen molar-refractivity contribution in [2.75, 3.05) is 26.0 Å². The van der Waals surface area contributed by atoms with Crippen molar-refractivity contribution in [2.24, 2.45) is 0 Å². The number of unbranched alkanes of at least 4 members (excludes halogenated alkanes) is 2. The van der Waals surface area contributed by atoms with Gasteiger partial charge < -0.3 is 10.1 Å². The number of alkyl halides is 3. The minimum Gasteiger partial charge on any atom is -0.385 e. The molecule has 0 unspecified atom stereocenters. The summed E-state index contributed by atoms with van der Waals surface area (Å²) >= 11 is 0. The Hall–Kier alpha value is -1.61. The Morgan fingerprint density at radius 2 is 1.88 bits per heavy atom. The summed E-state index contributed by atoms with van der Waals surface area (Å²) in [6, 6.07) is 6.38. The lowest BCUT2D eigenvalue weighted by atomic mass is 10.1. The van der Waals surface area contributed by atoms with Crippen LogP contribution in [0.15, 0.2) is 29.2 Å². The molecule has 0 atom stereocenters. The van der Waals surface area contributed by atoms with Crippen molar-refractivity contribution in [2.45, 2.75) is 43.2 Å². The minimum atomic E-state index is -4.89. The molecule has 148 valence electrons. The molecule has 1 aromatic rings. The van der Waals surface area contributed by atoms with E-state index in [4.69, 9.17) is 4.74 Å². The first kappa shape index (κ1) is 22.4. The van der Waals surface area contributed by atoms with Gasteiger partial charge in [-0.2, -0.15) is 13.2 Å². The van der Waals surface area contributed by atoms with Gasteiger partial charge in [0.05, 0.1) is 10.6 Å². The Balaban J connectivity index is 2.50. The molecular formula is C17H24F3NO4S. The first-order chi connectivity index (χ1) is 12.2. The van der Waals surface area contributed by atoms with Crippen molar-refractivity contribution in [3.8, 4) is 0 Å². The largest absolute Gasteiger partial charge is 0.471 e. The second-order valence-corrected chi connectivity index (χ2v) is 7.99. The third-order valence-corrected chi connectivity index (χ3v) is 5.50. The Morgan fingerprint density at radius 3 is 2.54 bits per heavy atom. The molecule has 0 aliphatic carbocycles. The van der Waals surface area contributed by atoms with Crippen LogP contribution in [0.2, 0.25) is 0 Å². The van der Waals surface area contributed by atoms with Crippen LogP contribution >= 0.6 is 0 Å². The van der Waals surface area contributed by atoms with Gasteiger partial charge in [-0.3, -0.25) is 4.79 Å². The molecule has 0 aromatic heterocycles. The highest BCUT2D eigenvalue weighted by atomic mass is 32.2. The maximum Gasteiger partial charge on any atom is 0.471 e.